The van der Waals surface area contributed by atoms with E-state index in [9.17, 15) is 9.59 Å². The van der Waals surface area contributed by atoms with E-state index in [1.165, 1.54) is 11.8 Å². The van der Waals surface area contributed by atoms with Crippen LogP contribution in [0.25, 0.3) is 0 Å². The van der Waals surface area contributed by atoms with Crippen molar-refractivity contribution in [1.29, 1.82) is 0 Å². The highest BCUT2D eigenvalue weighted by Gasteiger charge is 2.16. The molecule has 6 nitrogen and oxygen atoms in total. The van der Waals surface area contributed by atoms with E-state index < -0.39 is 0 Å². The summed E-state index contributed by atoms with van der Waals surface area (Å²) in [5, 5.41) is 10.8. The lowest BCUT2D eigenvalue weighted by atomic mass is 10.2. The maximum atomic E-state index is 11.5. The molecule has 1 aromatic rings. The van der Waals surface area contributed by atoms with Crippen LogP contribution in [0.4, 0.5) is 5.82 Å². The second-order valence-corrected chi connectivity index (χ2v) is 5.77. The summed E-state index contributed by atoms with van der Waals surface area (Å²) in [6.07, 6.45) is 0. The molecule has 0 aliphatic carbocycles. The van der Waals surface area contributed by atoms with Crippen molar-refractivity contribution in [1.82, 2.24) is 10.2 Å². The number of nitrogens with zero attached hydrogens (tertiary/aromatic N) is 2. The molecule has 1 aromatic heterocycles. The van der Waals surface area contributed by atoms with Gasteiger partial charge in [-0.05, 0) is 26.0 Å². The van der Waals surface area contributed by atoms with Gasteiger partial charge in [0.05, 0.1) is 6.61 Å². The Morgan fingerprint density at radius 1 is 1.30 bits per heavy atom. The van der Waals surface area contributed by atoms with Crippen molar-refractivity contribution in [2.24, 2.45) is 5.92 Å². The Morgan fingerprint density at radius 2 is 2.00 bits per heavy atom. The Labute approximate surface area is 122 Å². The van der Waals surface area contributed by atoms with Crippen molar-refractivity contribution in [2.75, 3.05) is 11.9 Å². The fourth-order valence-corrected chi connectivity index (χ4v) is 1.97. The lowest BCUT2D eigenvalue weighted by Gasteiger charge is -2.10. The molecule has 1 amide bonds. The molecule has 0 bridgehead atoms. The van der Waals surface area contributed by atoms with Gasteiger partial charge in [0.15, 0.2) is 5.82 Å². The second-order valence-electron chi connectivity index (χ2n) is 4.41. The summed E-state index contributed by atoms with van der Waals surface area (Å²) < 4.78 is 4.91. The zero-order valence-corrected chi connectivity index (χ0v) is 12.9. The first-order valence-corrected chi connectivity index (χ1v) is 7.29. The van der Waals surface area contributed by atoms with E-state index in [2.05, 4.69) is 15.5 Å². The van der Waals surface area contributed by atoms with Gasteiger partial charge in [-0.3, -0.25) is 9.59 Å². The van der Waals surface area contributed by atoms with Crippen molar-refractivity contribution in [3.05, 3.63) is 12.1 Å². The summed E-state index contributed by atoms with van der Waals surface area (Å²) in [4.78, 5) is 23.0. The lowest BCUT2D eigenvalue weighted by Crippen LogP contribution is -2.19. The first-order chi connectivity index (χ1) is 9.43. The van der Waals surface area contributed by atoms with Crippen LogP contribution in [0.2, 0.25) is 0 Å². The van der Waals surface area contributed by atoms with Crippen molar-refractivity contribution in [3.63, 3.8) is 0 Å². The summed E-state index contributed by atoms with van der Waals surface area (Å²) in [6, 6.07) is 3.37. The molecule has 0 aliphatic heterocycles. The maximum Gasteiger partial charge on any atom is 0.319 e. The number of carbonyl (C=O) groups excluding carboxylic acids is 2. The smallest absolute Gasteiger partial charge is 0.319 e. The summed E-state index contributed by atoms with van der Waals surface area (Å²) in [7, 11) is 0. The minimum absolute atomic E-state index is 0.111. The highest BCUT2D eigenvalue weighted by molar-refractivity contribution is 8.00. The number of hydrogen-bond acceptors (Lipinski definition) is 6. The average molecular weight is 297 g/mol. The van der Waals surface area contributed by atoms with Crippen molar-refractivity contribution >= 4 is 29.5 Å². The first-order valence-electron chi connectivity index (χ1n) is 6.42. The van der Waals surface area contributed by atoms with Crippen molar-refractivity contribution < 1.29 is 14.3 Å². The van der Waals surface area contributed by atoms with E-state index in [1.807, 2.05) is 0 Å². The van der Waals surface area contributed by atoms with E-state index in [0.717, 1.165) is 0 Å². The van der Waals surface area contributed by atoms with E-state index in [-0.39, 0.29) is 23.0 Å². The Balaban J connectivity index is 2.58. The van der Waals surface area contributed by atoms with Gasteiger partial charge < -0.3 is 10.1 Å². The normalized spacial score (nSPS) is 12.1. The minimum Gasteiger partial charge on any atom is -0.465 e. The number of carbonyl (C=O) groups is 2. The molecule has 0 aromatic carbocycles. The Morgan fingerprint density at radius 3 is 2.50 bits per heavy atom. The Kier molecular flexibility index (Phi) is 6.44. The van der Waals surface area contributed by atoms with E-state index in [1.54, 1.807) is 39.8 Å². The van der Waals surface area contributed by atoms with E-state index >= 15 is 0 Å². The maximum absolute atomic E-state index is 11.5. The predicted octanol–water partition coefficient (Wildman–Crippen LogP) is 2.11. The largest absolute Gasteiger partial charge is 0.465 e. The van der Waals surface area contributed by atoms with Crippen LogP contribution in [-0.4, -0.2) is 33.9 Å². The molecule has 0 saturated heterocycles. The van der Waals surface area contributed by atoms with Gasteiger partial charge in [-0.15, -0.1) is 10.2 Å². The van der Waals surface area contributed by atoms with Gasteiger partial charge in [-0.1, -0.05) is 25.6 Å². The van der Waals surface area contributed by atoms with Gasteiger partial charge >= 0.3 is 5.97 Å². The quantitative estimate of drug-likeness (QED) is 0.640. The van der Waals surface area contributed by atoms with E-state index in [0.29, 0.717) is 17.5 Å². The van der Waals surface area contributed by atoms with Gasteiger partial charge in [0.1, 0.15) is 10.3 Å². The highest BCUT2D eigenvalue weighted by atomic mass is 32.2. The first kappa shape index (κ1) is 16.4. The molecular weight excluding hydrogens is 278 g/mol. The zero-order chi connectivity index (χ0) is 15.1. The van der Waals surface area contributed by atoms with Gasteiger partial charge in [-0.2, -0.15) is 0 Å². The van der Waals surface area contributed by atoms with Crippen molar-refractivity contribution in [3.8, 4) is 0 Å². The van der Waals surface area contributed by atoms with Gasteiger partial charge in [0.2, 0.25) is 5.91 Å². The van der Waals surface area contributed by atoms with Crippen LogP contribution >= 0.6 is 11.8 Å². The molecule has 0 aliphatic rings. The SMILES string of the molecule is CCOC(=O)C(C)Sc1ccc(NC(=O)C(C)C)nn1. The van der Waals surface area contributed by atoms with Crippen LogP contribution < -0.4 is 5.32 Å². The van der Waals surface area contributed by atoms with Crippen LogP contribution in [0.15, 0.2) is 17.2 Å². The molecule has 110 valence electrons. The molecule has 0 fully saturated rings. The van der Waals surface area contributed by atoms with Crippen LogP contribution in [0.1, 0.15) is 27.7 Å². The number of rotatable bonds is 6. The standard InChI is InChI=1S/C13H19N3O3S/c1-5-19-13(18)9(4)20-11-7-6-10(15-16-11)14-12(17)8(2)3/h6-9H,5H2,1-4H3,(H,14,15,17). The Hall–Kier alpha value is -1.63. The number of thioether (sulfide) groups is 1. The zero-order valence-electron chi connectivity index (χ0n) is 12.0. The van der Waals surface area contributed by atoms with Crippen LogP contribution in [0.3, 0.4) is 0 Å². The Bertz CT molecular complexity index is 462. The number of ether oxygens (including phenoxy) is 1. The minimum atomic E-state index is -0.347. The molecule has 1 atom stereocenters. The third-order valence-electron chi connectivity index (χ3n) is 2.33. The van der Waals surface area contributed by atoms with Crippen LogP contribution in [0.5, 0.6) is 0 Å². The molecule has 20 heavy (non-hydrogen) atoms. The van der Waals surface area contributed by atoms with Crippen LogP contribution in [0, 0.1) is 5.92 Å². The number of anilines is 1. The predicted molar refractivity (Wildman–Crippen MR) is 77.5 cm³/mol. The molecular formula is C13H19N3O3S. The van der Waals surface area contributed by atoms with E-state index in [4.69, 9.17) is 4.74 Å². The highest BCUT2D eigenvalue weighted by Crippen LogP contribution is 2.22. The fraction of sp³-hybridized carbons (Fsp3) is 0.538. The number of hydrogen-bond donors (Lipinski definition) is 1. The fourth-order valence-electron chi connectivity index (χ4n) is 1.21. The molecule has 7 heteroatoms. The van der Waals surface area contributed by atoms with Gasteiger partial charge in [-0.25, -0.2) is 0 Å². The molecule has 1 N–H and O–H groups in total. The number of amides is 1. The molecule has 0 saturated carbocycles. The van der Waals surface area contributed by atoms with Crippen molar-refractivity contribution in [2.45, 2.75) is 38.0 Å². The molecule has 1 rings (SSSR count). The lowest BCUT2D eigenvalue weighted by molar-refractivity contribution is -0.142. The van der Waals surface area contributed by atoms with Crippen LogP contribution in [-0.2, 0) is 14.3 Å². The molecule has 0 radical (unpaired) electrons. The summed E-state index contributed by atoms with van der Waals surface area (Å²) in [6.45, 7) is 7.47. The monoisotopic (exact) mass is 297 g/mol. The van der Waals surface area contributed by atoms with Gasteiger partial charge in [0.25, 0.3) is 0 Å². The average Bonchev–Trinajstić information content (AvgIpc) is 2.41. The third kappa shape index (κ3) is 5.16. The third-order valence-corrected chi connectivity index (χ3v) is 3.34. The number of esters is 1. The molecule has 1 heterocycles. The topological polar surface area (TPSA) is 81.2 Å². The second kappa shape index (κ2) is 7.84. The molecule has 0 spiro atoms. The number of aromatic nitrogens is 2. The summed E-state index contributed by atoms with van der Waals surface area (Å²) in [5.74, 6) is -0.109. The summed E-state index contributed by atoms with van der Waals surface area (Å²) >= 11 is 1.26. The molecule has 1 unspecified atom stereocenters. The van der Waals surface area contributed by atoms with Gasteiger partial charge in [0, 0.05) is 5.92 Å². The number of nitrogens with one attached hydrogen (secondary N) is 1. The summed E-state index contributed by atoms with van der Waals surface area (Å²) in [5.41, 5.74) is 0.